The van der Waals surface area contributed by atoms with Crippen LogP contribution in [0.3, 0.4) is 0 Å². The number of carbonyl (C=O) groups is 1. The van der Waals surface area contributed by atoms with Crippen LogP contribution in [0, 0.1) is 11.3 Å². The predicted octanol–water partition coefficient (Wildman–Crippen LogP) is 1.54. The molecule has 1 aliphatic carbocycles. The highest BCUT2D eigenvalue weighted by Crippen LogP contribution is 2.51. The standard InChI is InChI=1S/C12H24N2O/c1-9(2)12(5-6-12)8-13-7-11(15)14-10(3)4/h9-10,13H,5-8H2,1-4H3,(H,14,15). The van der Waals surface area contributed by atoms with Gasteiger partial charge in [0.15, 0.2) is 0 Å². The third-order valence-corrected chi connectivity index (χ3v) is 3.33. The third kappa shape index (κ3) is 3.82. The normalized spacial score (nSPS) is 18.3. The van der Waals surface area contributed by atoms with Gasteiger partial charge in [-0.05, 0) is 38.0 Å². The first-order valence-electron chi connectivity index (χ1n) is 5.96. The van der Waals surface area contributed by atoms with Crippen LogP contribution in [0.2, 0.25) is 0 Å². The summed E-state index contributed by atoms with van der Waals surface area (Å²) in [5.74, 6) is 0.822. The van der Waals surface area contributed by atoms with Crippen molar-refractivity contribution in [3.8, 4) is 0 Å². The molecule has 1 fully saturated rings. The molecular formula is C12H24N2O. The Balaban J connectivity index is 2.14. The third-order valence-electron chi connectivity index (χ3n) is 3.33. The van der Waals surface area contributed by atoms with Crippen LogP contribution in [0.1, 0.15) is 40.5 Å². The van der Waals surface area contributed by atoms with Crippen LogP contribution in [-0.4, -0.2) is 25.0 Å². The molecule has 3 nitrogen and oxygen atoms in total. The van der Waals surface area contributed by atoms with E-state index >= 15 is 0 Å². The van der Waals surface area contributed by atoms with Gasteiger partial charge in [0.25, 0.3) is 0 Å². The predicted molar refractivity (Wildman–Crippen MR) is 62.7 cm³/mol. The average molecular weight is 212 g/mol. The average Bonchev–Trinajstić information content (AvgIpc) is 2.83. The largest absolute Gasteiger partial charge is 0.353 e. The molecular weight excluding hydrogens is 188 g/mol. The molecule has 0 aromatic heterocycles. The Morgan fingerprint density at radius 3 is 2.27 bits per heavy atom. The van der Waals surface area contributed by atoms with Gasteiger partial charge in [-0.15, -0.1) is 0 Å². The van der Waals surface area contributed by atoms with Gasteiger partial charge < -0.3 is 10.6 Å². The number of nitrogens with one attached hydrogen (secondary N) is 2. The summed E-state index contributed by atoms with van der Waals surface area (Å²) in [6.07, 6.45) is 2.62. The minimum absolute atomic E-state index is 0.101. The number of amides is 1. The lowest BCUT2D eigenvalue weighted by Gasteiger charge is -2.20. The van der Waals surface area contributed by atoms with Crippen LogP contribution in [0.4, 0.5) is 0 Å². The lowest BCUT2D eigenvalue weighted by Crippen LogP contribution is -2.40. The van der Waals surface area contributed by atoms with Gasteiger partial charge in [0.1, 0.15) is 0 Å². The monoisotopic (exact) mass is 212 g/mol. The van der Waals surface area contributed by atoms with E-state index in [0.717, 1.165) is 12.5 Å². The van der Waals surface area contributed by atoms with Gasteiger partial charge in [0, 0.05) is 12.6 Å². The Hall–Kier alpha value is -0.570. The molecule has 0 bridgehead atoms. The van der Waals surface area contributed by atoms with Crippen molar-refractivity contribution in [2.75, 3.05) is 13.1 Å². The Labute approximate surface area is 93.0 Å². The second kappa shape index (κ2) is 4.97. The zero-order valence-electron chi connectivity index (χ0n) is 10.4. The van der Waals surface area contributed by atoms with E-state index in [-0.39, 0.29) is 11.9 Å². The highest BCUT2D eigenvalue weighted by Gasteiger charge is 2.44. The summed E-state index contributed by atoms with van der Waals surface area (Å²) in [5.41, 5.74) is 0.484. The van der Waals surface area contributed by atoms with Crippen LogP contribution in [-0.2, 0) is 4.79 Å². The van der Waals surface area contributed by atoms with E-state index in [0.29, 0.717) is 12.0 Å². The Morgan fingerprint density at radius 2 is 1.87 bits per heavy atom. The molecule has 88 valence electrons. The number of hydrogen-bond donors (Lipinski definition) is 2. The fourth-order valence-electron chi connectivity index (χ4n) is 1.92. The van der Waals surface area contributed by atoms with E-state index in [9.17, 15) is 4.79 Å². The molecule has 0 spiro atoms. The first-order valence-corrected chi connectivity index (χ1v) is 5.96. The van der Waals surface area contributed by atoms with Crippen molar-refractivity contribution in [1.29, 1.82) is 0 Å². The molecule has 1 amide bonds. The van der Waals surface area contributed by atoms with Crippen molar-refractivity contribution in [2.24, 2.45) is 11.3 Å². The van der Waals surface area contributed by atoms with Gasteiger partial charge in [-0.2, -0.15) is 0 Å². The van der Waals surface area contributed by atoms with Crippen molar-refractivity contribution in [3.63, 3.8) is 0 Å². The summed E-state index contributed by atoms with van der Waals surface area (Å²) in [6.45, 7) is 9.93. The Morgan fingerprint density at radius 1 is 1.27 bits per heavy atom. The van der Waals surface area contributed by atoms with E-state index in [1.165, 1.54) is 12.8 Å². The van der Waals surface area contributed by atoms with E-state index in [1.54, 1.807) is 0 Å². The van der Waals surface area contributed by atoms with Gasteiger partial charge in [-0.25, -0.2) is 0 Å². The molecule has 0 aromatic carbocycles. The van der Waals surface area contributed by atoms with Gasteiger partial charge in [-0.1, -0.05) is 13.8 Å². The number of rotatable bonds is 6. The van der Waals surface area contributed by atoms with Gasteiger partial charge >= 0.3 is 0 Å². The summed E-state index contributed by atoms with van der Waals surface area (Å²) in [4.78, 5) is 11.4. The molecule has 3 heteroatoms. The van der Waals surface area contributed by atoms with Crippen molar-refractivity contribution < 1.29 is 4.79 Å². The molecule has 0 saturated heterocycles. The minimum Gasteiger partial charge on any atom is -0.353 e. The molecule has 0 heterocycles. The fourth-order valence-corrected chi connectivity index (χ4v) is 1.92. The summed E-state index contributed by atoms with van der Waals surface area (Å²) >= 11 is 0. The molecule has 1 rings (SSSR count). The molecule has 2 N–H and O–H groups in total. The highest BCUT2D eigenvalue weighted by molar-refractivity contribution is 5.78. The topological polar surface area (TPSA) is 41.1 Å². The van der Waals surface area contributed by atoms with Crippen LogP contribution < -0.4 is 10.6 Å². The van der Waals surface area contributed by atoms with Crippen LogP contribution in [0.5, 0.6) is 0 Å². The fraction of sp³-hybridized carbons (Fsp3) is 0.917. The molecule has 0 aliphatic heterocycles. The number of hydrogen-bond acceptors (Lipinski definition) is 2. The molecule has 0 aromatic rings. The van der Waals surface area contributed by atoms with Crippen LogP contribution in [0.25, 0.3) is 0 Å². The first-order chi connectivity index (χ1) is 6.96. The first kappa shape index (κ1) is 12.5. The second-order valence-corrected chi connectivity index (χ2v) is 5.34. The van der Waals surface area contributed by atoms with E-state index in [2.05, 4.69) is 24.5 Å². The SMILES string of the molecule is CC(C)NC(=O)CNCC1(C(C)C)CC1. The second-order valence-electron chi connectivity index (χ2n) is 5.34. The molecule has 0 unspecified atom stereocenters. The van der Waals surface area contributed by atoms with E-state index in [1.807, 2.05) is 13.8 Å². The highest BCUT2D eigenvalue weighted by atomic mass is 16.1. The summed E-state index contributed by atoms with van der Waals surface area (Å²) in [6, 6.07) is 0.235. The van der Waals surface area contributed by atoms with Gasteiger partial charge in [0.2, 0.25) is 5.91 Å². The maximum absolute atomic E-state index is 11.4. The molecule has 15 heavy (non-hydrogen) atoms. The van der Waals surface area contributed by atoms with E-state index < -0.39 is 0 Å². The zero-order chi connectivity index (χ0) is 11.5. The summed E-state index contributed by atoms with van der Waals surface area (Å²) in [7, 11) is 0. The summed E-state index contributed by atoms with van der Waals surface area (Å²) < 4.78 is 0. The van der Waals surface area contributed by atoms with Crippen molar-refractivity contribution >= 4 is 5.91 Å². The lowest BCUT2D eigenvalue weighted by molar-refractivity contribution is -0.120. The smallest absolute Gasteiger partial charge is 0.234 e. The molecule has 1 saturated carbocycles. The zero-order valence-corrected chi connectivity index (χ0v) is 10.4. The molecule has 0 radical (unpaired) electrons. The van der Waals surface area contributed by atoms with Crippen LogP contribution in [0.15, 0.2) is 0 Å². The van der Waals surface area contributed by atoms with E-state index in [4.69, 9.17) is 0 Å². The summed E-state index contributed by atoms with van der Waals surface area (Å²) in [5, 5.41) is 6.14. The quantitative estimate of drug-likeness (QED) is 0.701. The maximum atomic E-state index is 11.4. The number of carbonyl (C=O) groups excluding carboxylic acids is 1. The van der Waals surface area contributed by atoms with Gasteiger partial charge in [0.05, 0.1) is 6.54 Å². The van der Waals surface area contributed by atoms with Crippen molar-refractivity contribution in [2.45, 2.75) is 46.6 Å². The Kier molecular flexibility index (Phi) is 4.14. The lowest BCUT2D eigenvalue weighted by atomic mass is 9.92. The molecule has 1 aliphatic rings. The van der Waals surface area contributed by atoms with Crippen LogP contribution >= 0.6 is 0 Å². The maximum Gasteiger partial charge on any atom is 0.234 e. The minimum atomic E-state index is 0.101. The Bertz CT molecular complexity index is 220. The van der Waals surface area contributed by atoms with Crippen molar-refractivity contribution in [3.05, 3.63) is 0 Å². The van der Waals surface area contributed by atoms with Gasteiger partial charge in [-0.3, -0.25) is 4.79 Å². The van der Waals surface area contributed by atoms with Crippen molar-refractivity contribution in [1.82, 2.24) is 10.6 Å². The molecule has 0 atom stereocenters.